The van der Waals surface area contributed by atoms with E-state index in [0.29, 0.717) is 12.1 Å². The Bertz CT molecular complexity index is 325. The molecule has 0 radical (unpaired) electrons. The molecule has 0 aromatic heterocycles. The molecule has 0 amide bonds. The SMILES string of the molecule is Fc1cc(OC(F)(F)F)cc(F)c1Br. The molecule has 0 spiro atoms. The Hall–Kier alpha value is -0.850. The third-order valence-electron chi connectivity index (χ3n) is 1.19. The minimum Gasteiger partial charge on any atom is -0.406 e. The van der Waals surface area contributed by atoms with Gasteiger partial charge in [-0.1, -0.05) is 0 Å². The maximum Gasteiger partial charge on any atom is 0.573 e. The van der Waals surface area contributed by atoms with E-state index in [2.05, 4.69) is 20.7 Å². The van der Waals surface area contributed by atoms with E-state index < -0.39 is 28.2 Å². The van der Waals surface area contributed by atoms with Crippen molar-refractivity contribution in [1.29, 1.82) is 0 Å². The van der Waals surface area contributed by atoms with Crippen LogP contribution in [0.1, 0.15) is 0 Å². The first-order valence-corrected chi connectivity index (χ1v) is 3.99. The van der Waals surface area contributed by atoms with Crippen molar-refractivity contribution in [3.8, 4) is 5.75 Å². The molecule has 14 heavy (non-hydrogen) atoms. The quantitative estimate of drug-likeness (QED) is 0.562. The first-order chi connectivity index (χ1) is 6.29. The van der Waals surface area contributed by atoms with Gasteiger partial charge in [-0.3, -0.25) is 0 Å². The number of halogens is 6. The molecular weight excluding hydrogens is 275 g/mol. The first-order valence-electron chi connectivity index (χ1n) is 3.20. The monoisotopic (exact) mass is 276 g/mol. The smallest absolute Gasteiger partial charge is 0.406 e. The molecule has 0 N–H and O–H groups in total. The normalized spacial score (nSPS) is 11.6. The van der Waals surface area contributed by atoms with Crippen molar-refractivity contribution in [2.24, 2.45) is 0 Å². The Balaban J connectivity index is 3.02. The van der Waals surface area contributed by atoms with Crippen molar-refractivity contribution in [1.82, 2.24) is 0 Å². The molecule has 0 aliphatic heterocycles. The summed E-state index contributed by atoms with van der Waals surface area (Å²) < 4.78 is 63.0. The summed E-state index contributed by atoms with van der Waals surface area (Å²) in [5.41, 5.74) is 0. The summed E-state index contributed by atoms with van der Waals surface area (Å²) in [7, 11) is 0. The summed E-state index contributed by atoms with van der Waals surface area (Å²) in [4.78, 5) is 0. The summed E-state index contributed by atoms with van der Waals surface area (Å²) in [6, 6.07) is 0.862. The van der Waals surface area contributed by atoms with Gasteiger partial charge in [-0.15, -0.1) is 13.2 Å². The molecule has 1 aromatic rings. The van der Waals surface area contributed by atoms with Crippen LogP contribution in [0.4, 0.5) is 22.0 Å². The molecule has 0 aliphatic carbocycles. The topological polar surface area (TPSA) is 9.23 Å². The third-order valence-corrected chi connectivity index (χ3v) is 1.95. The average Bonchev–Trinajstić information content (AvgIpc) is 1.96. The van der Waals surface area contributed by atoms with Crippen LogP contribution in [0.5, 0.6) is 5.75 Å². The van der Waals surface area contributed by atoms with E-state index in [1.165, 1.54) is 0 Å². The first kappa shape index (κ1) is 11.2. The molecule has 7 heteroatoms. The molecule has 0 unspecified atom stereocenters. The van der Waals surface area contributed by atoms with E-state index in [4.69, 9.17) is 0 Å². The van der Waals surface area contributed by atoms with Gasteiger partial charge in [0.2, 0.25) is 0 Å². The number of ether oxygens (including phenoxy) is 1. The second-order valence-electron chi connectivity index (χ2n) is 2.25. The van der Waals surface area contributed by atoms with Crippen LogP contribution < -0.4 is 4.74 Å². The highest BCUT2D eigenvalue weighted by molar-refractivity contribution is 9.10. The van der Waals surface area contributed by atoms with Crippen LogP contribution in [0, 0.1) is 11.6 Å². The Morgan fingerprint density at radius 2 is 1.50 bits per heavy atom. The van der Waals surface area contributed by atoms with E-state index in [-0.39, 0.29) is 0 Å². The van der Waals surface area contributed by atoms with Gasteiger partial charge in [-0.25, -0.2) is 8.78 Å². The van der Waals surface area contributed by atoms with E-state index in [0.717, 1.165) is 0 Å². The van der Waals surface area contributed by atoms with Gasteiger partial charge in [0.05, 0.1) is 4.47 Å². The minimum absolute atomic E-state index is 0.431. The predicted octanol–water partition coefficient (Wildman–Crippen LogP) is 3.63. The highest BCUT2D eigenvalue weighted by Crippen LogP contribution is 2.28. The molecule has 0 saturated carbocycles. The van der Waals surface area contributed by atoms with Crippen molar-refractivity contribution >= 4 is 15.9 Å². The van der Waals surface area contributed by atoms with Crippen LogP contribution in [-0.4, -0.2) is 6.36 Å². The lowest BCUT2D eigenvalue weighted by Gasteiger charge is -2.09. The van der Waals surface area contributed by atoms with Crippen LogP contribution in [0.2, 0.25) is 0 Å². The number of rotatable bonds is 1. The van der Waals surface area contributed by atoms with Crippen molar-refractivity contribution in [3.63, 3.8) is 0 Å². The fraction of sp³-hybridized carbons (Fsp3) is 0.143. The lowest BCUT2D eigenvalue weighted by Crippen LogP contribution is -2.17. The Labute approximate surface area is 83.6 Å². The fourth-order valence-corrected chi connectivity index (χ4v) is 0.954. The molecule has 0 bridgehead atoms. The van der Waals surface area contributed by atoms with Gasteiger partial charge in [-0.05, 0) is 15.9 Å². The number of hydrogen-bond acceptors (Lipinski definition) is 1. The molecule has 1 rings (SSSR count). The summed E-state index contributed by atoms with van der Waals surface area (Å²) >= 11 is 2.51. The van der Waals surface area contributed by atoms with Gasteiger partial charge in [0.15, 0.2) is 0 Å². The van der Waals surface area contributed by atoms with Gasteiger partial charge in [-0.2, -0.15) is 0 Å². The Morgan fingerprint density at radius 1 is 1.07 bits per heavy atom. The third kappa shape index (κ3) is 2.83. The lowest BCUT2D eigenvalue weighted by atomic mass is 10.3. The molecule has 0 saturated heterocycles. The molecule has 0 heterocycles. The zero-order chi connectivity index (χ0) is 10.9. The van der Waals surface area contributed by atoms with E-state index in [1.54, 1.807) is 0 Å². The lowest BCUT2D eigenvalue weighted by molar-refractivity contribution is -0.274. The van der Waals surface area contributed by atoms with Crippen molar-refractivity contribution in [3.05, 3.63) is 28.2 Å². The van der Waals surface area contributed by atoms with E-state index >= 15 is 0 Å². The van der Waals surface area contributed by atoms with Crippen LogP contribution in [-0.2, 0) is 0 Å². The summed E-state index contributed by atoms with van der Waals surface area (Å²) in [6.07, 6.45) is -4.97. The molecule has 0 aliphatic rings. The highest BCUT2D eigenvalue weighted by atomic mass is 79.9. The highest BCUT2D eigenvalue weighted by Gasteiger charge is 2.31. The largest absolute Gasteiger partial charge is 0.573 e. The Kier molecular flexibility index (Phi) is 2.98. The van der Waals surface area contributed by atoms with Crippen LogP contribution >= 0.6 is 15.9 Å². The van der Waals surface area contributed by atoms with Gasteiger partial charge >= 0.3 is 6.36 Å². The maximum absolute atomic E-state index is 12.7. The predicted molar refractivity (Wildman–Crippen MR) is 40.7 cm³/mol. The van der Waals surface area contributed by atoms with Gasteiger partial charge in [0.1, 0.15) is 17.4 Å². The van der Waals surface area contributed by atoms with E-state index in [1.807, 2.05) is 0 Å². The summed E-state index contributed by atoms with van der Waals surface area (Å²) in [6.45, 7) is 0. The second kappa shape index (κ2) is 3.72. The summed E-state index contributed by atoms with van der Waals surface area (Å²) in [5, 5.41) is 0. The van der Waals surface area contributed by atoms with Crippen LogP contribution in [0.25, 0.3) is 0 Å². The summed E-state index contributed by atoms with van der Waals surface area (Å²) in [5.74, 6) is -3.26. The standard InChI is InChI=1S/C7H2BrF5O/c8-6-4(9)1-3(2-5(6)10)14-7(11,12)13/h1-2H. The average molecular weight is 277 g/mol. The van der Waals surface area contributed by atoms with Gasteiger partial charge in [0, 0.05) is 12.1 Å². The van der Waals surface area contributed by atoms with E-state index in [9.17, 15) is 22.0 Å². The number of alkyl halides is 3. The minimum atomic E-state index is -4.97. The van der Waals surface area contributed by atoms with Crippen molar-refractivity contribution in [2.75, 3.05) is 0 Å². The molecule has 1 nitrogen and oxygen atoms in total. The zero-order valence-electron chi connectivity index (χ0n) is 6.33. The molecule has 78 valence electrons. The van der Waals surface area contributed by atoms with Gasteiger partial charge < -0.3 is 4.74 Å². The molecule has 0 atom stereocenters. The van der Waals surface area contributed by atoms with Crippen molar-refractivity contribution < 1.29 is 26.7 Å². The Morgan fingerprint density at radius 3 is 1.86 bits per heavy atom. The van der Waals surface area contributed by atoms with Gasteiger partial charge in [0.25, 0.3) is 0 Å². The molecule has 0 fully saturated rings. The number of benzene rings is 1. The maximum atomic E-state index is 12.7. The zero-order valence-corrected chi connectivity index (χ0v) is 7.92. The molecular formula is C7H2BrF5O. The van der Waals surface area contributed by atoms with Crippen LogP contribution in [0.3, 0.4) is 0 Å². The van der Waals surface area contributed by atoms with Crippen LogP contribution in [0.15, 0.2) is 16.6 Å². The molecule has 1 aromatic carbocycles. The van der Waals surface area contributed by atoms with Crippen molar-refractivity contribution in [2.45, 2.75) is 6.36 Å². The fourth-order valence-electron chi connectivity index (χ4n) is 0.725. The second-order valence-corrected chi connectivity index (χ2v) is 3.04. The number of hydrogen-bond donors (Lipinski definition) is 0.